The van der Waals surface area contributed by atoms with Crippen molar-refractivity contribution >= 4 is 29.1 Å². The number of imide groups is 1. The molecule has 0 N–H and O–H groups in total. The first-order chi connectivity index (χ1) is 10.5. The van der Waals surface area contributed by atoms with E-state index in [0.29, 0.717) is 10.7 Å². The number of fused-ring (bicyclic) bond motifs is 3. The lowest BCUT2D eigenvalue weighted by Gasteiger charge is -2.22. The summed E-state index contributed by atoms with van der Waals surface area (Å²) < 4.78 is 0. The molecule has 3 fully saturated rings. The van der Waals surface area contributed by atoms with Crippen LogP contribution in [0.4, 0.5) is 5.69 Å². The van der Waals surface area contributed by atoms with Gasteiger partial charge in [0.05, 0.1) is 17.5 Å². The molecule has 1 aliphatic heterocycles. The predicted octanol–water partition coefficient (Wildman–Crippen LogP) is 3.35. The fourth-order valence-corrected chi connectivity index (χ4v) is 5.23. The molecule has 1 aromatic carbocycles. The van der Waals surface area contributed by atoms with Crippen molar-refractivity contribution in [2.24, 2.45) is 29.1 Å². The van der Waals surface area contributed by atoms with Crippen molar-refractivity contribution in [3.05, 3.63) is 40.9 Å². The second-order valence-electron chi connectivity index (χ2n) is 7.17. The minimum Gasteiger partial charge on any atom is -0.274 e. The van der Waals surface area contributed by atoms with E-state index in [2.05, 4.69) is 12.2 Å². The molecule has 1 spiro atoms. The van der Waals surface area contributed by atoms with Crippen molar-refractivity contribution in [2.75, 3.05) is 4.90 Å². The Kier molecular flexibility index (Phi) is 2.24. The first-order valence-electron chi connectivity index (χ1n) is 7.87. The molecular weight excluding hydrogens is 298 g/mol. The zero-order valence-electron chi connectivity index (χ0n) is 12.3. The first-order valence-corrected chi connectivity index (χ1v) is 8.25. The molecule has 0 aromatic heterocycles. The number of hydrogen-bond donors (Lipinski definition) is 0. The molecule has 5 rings (SSSR count). The highest BCUT2D eigenvalue weighted by molar-refractivity contribution is 6.32. The third kappa shape index (κ3) is 1.30. The molecule has 4 atom stereocenters. The van der Waals surface area contributed by atoms with Crippen LogP contribution in [0.25, 0.3) is 0 Å². The first kappa shape index (κ1) is 12.9. The summed E-state index contributed by atoms with van der Waals surface area (Å²) in [5.74, 6) is 0.181. The van der Waals surface area contributed by atoms with Gasteiger partial charge in [-0.15, -0.1) is 0 Å². The van der Waals surface area contributed by atoms with Crippen LogP contribution in [0.3, 0.4) is 0 Å². The summed E-state index contributed by atoms with van der Waals surface area (Å²) in [6.45, 7) is 1.91. The number of aryl methyl sites for hydroxylation is 1. The second-order valence-corrected chi connectivity index (χ2v) is 7.57. The number of rotatable bonds is 1. The number of nitrogens with zero attached hydrogens (tertiary/aromatic N) is 1. The maximum Gasteiger partial charge on any atom is 0.238 e. The predicted molar refractivity (Wildman–Crippen MR) is 83.4 cm³/mol. The molecule has 0 unspecified atom stereocenters. The van der Waals surface area contributed by atoms with Crippen LogP contribution in [0.1, 0.15) is 18.4 Å². The van der Waals surface area contributed by atoms with Gasteiger partial charge in [0, 0.05) is 5.02 Å². The maximum absolute atomic E-state index is 12.9. The van der Waals surface area contributed by atoms with Crippen molar-refractivity contribution in [3.63, 3.8) is 0 Å². The summed E-state index contributed by atoms with van der Waals surface area (Å²) in [4.78, 5) is 27.2. The quantitative estimate of drug-likeness (QED) is 0.589. The number of carbonyl (C=O) groups excluding carboxylic acids is 2. The van der Waals surface area contributed by atoms with Crippen LogP contribution in [0.5, 0.6) is 0 Å². The number of anilines is 1. The molecule has 1 saturated heterocycles. The van der Waals surface area contributed by atoms with Gasteiger partial charge in [-0.2, -0.15) is 0 Å². The summed E-state index contributed by atoms with van der Waals surface area (Å²) >= 11 is 6.17. The van der Waals surface area contributed by atoms with Crippen LogP contribution in [0.2, 0.25) is 5.02 Å². The Labute approximate surface area is 133 Å². The normalized spacial score (nSPS) is 36.5. The van der Waals surface area contributed by atoms with Gasteiger partial charge in [0.1, 0.15) is 0 Å². The minimum absolute atomic E-state index is 0.0296. The monoisotopic (exact) mass is 313 g/mol. The molecule has 22 heavy (non-hydrogen) atoms. The molecule has 3 aliphatic carbocycles. The number of hydrogen-bond acceptors (Lipinski definition) is 2. The van der Waals surface area contributed by atoms with Gasteiger partial charge in [-0.1, -0.05) is 29.8 Å². The smallest absolute Gasteiger partial charge is 0.238 e. The van der Waals surface area contributed by atoms with E-state index in [-0.39, 0.29) is 40.9 Å². The molecule has 2 amide bonds. The lowest BCUT2D eigenvalue weighted by molar-refractivity contribution is -0.123. The van der Waals surface area contributed by atoms with E-state index in [1.54, 1.807) is 6.07 Å². The molecule has 2 saturated carbocycles. The molecule has 3 nitrogen and oxygen atoms in total. The molecule has 0 radical (unpaired) electrons. The number of amides is 2. The average Bonchev–Trinajstić information content (AvgIpc) is 3.08. The maximum atomic E-state index is 12.9. The third-order valence-corrected chi connectivity index (χ3v) is 6.67. The Bertz CT molecular complexity index is 730. The number of carbonyl (C=O) groups is 2. The van der Waals surface area contributed by atoms with E-state index < -0.39 is 0 Å². The van der Waals surface area contributed by atoms with Crippen LogP contribution in [0.15, 0.2) is 30.4 Å². The van der Waals surface area contributed by atoms with Crippen molar-refractivity contribution in [3.8, 4) is 0 Å². The highest BCUT2D eigenvalue weighted by Gasteiger charge is 2.73. The lowest BCUT2D eigenvalue weighted by Crippen LogP contribution is -2.34. The molecule has 2 bridgehead atoms. The fraction of sp³-hybridized carbons (Fsp3) is 0.444. The third-order valence-electron chi connectivity index (χ3n) is 6.27. The fourth-order valence-electron chi connectivity index (χ4n) is 5.05. The van der Waals surface area contributed by atoms with Gasteiger partial charge in [0.15, 0.2) is 0 Å². The molecule has 112 valence electrons. The van der Waals surface area contributed by atoms with Crippen LogP contribution in [0, 0.1) is 36.0 Å². The van der Waals surface area contributed by atoms with Crippen LogP contribution < -0.4 is 4.90 Å². The summed E-state index contributed by atoms with van der Waals surface area (Å²) in [5.41, 5.74) is 1.81. The summed E-state index contributed by atoms with van der Waals surface area (Å²) in [7, 11) is 0. The molecule has 1 heterocycles. The molecule has 1 aromatic rings. The van der Waals surface area contributed by atoms with Crippen molar-refractivity contribution < 1.29 is 9.59 Å². The minimum atomic E-state index is -0.148. The van der Waals surface area contributed by atoms with Crippen LogP contribution in [-0.2, 0) is 9.59 Å². The van der Waals surface area contributed by atoms with Crippen molar-refractivity contribution in [2.45, 2.75) is 19.8 Å². The number of allylic oxidation sites excluding steroid dienone is 2. The Morgan fingerprint density at radius 2 is 1.68 bits per heavy atom. The van der Waals surface area contributed by atoms with E-state index in [1.807, 2.05) is 19.1 Å². The standard InChI is InChI=1S/C18H16ClNO2/c1-9-2-3-10(8-13(9)19)20-16(21)14-11-4-5-12(15(14)17(20)22)18(11)6-7-18/h2-5,8,11-12,14-15H,6-7H2,1H3/t11-,12+,14-,15-/m0/s1. The highest BCUT2D eigenvalue weighted by atomic mass is 35.5. The van der Waals surface area contributed by atoms with Crippen molar-refractivity contribution in [1.82, 2.24) is 0 Å². The SMILES string of the molecule is Cc1ccc(N2C(=O)[C@@H]3[C@@H](C2=O)[C@@H]2C=C[C@H]3C23CC3)cc1Cl. The lowest BCUT2D eigenvalue weighted by atomic mass is 9.85. The van der Waals surface area contributed by atoms with Crippen LogP contribution >= 0.6 is 11.6 Å². The van der Waals surface area contributed by atoms with Gasteiger partial charge in [-0.05, 0) is 54.7 Å². The summed E-state index contributed by atoms with van der Waals surface area (Å²) in [6.07, 6.45) is 6.71. The van der Waals surface area contributed by atoms with Crippen molar-refractivity contribution in [1.29, 1.82) is 0 Å². The molecule has 4 heteroatoms. The van der Waals surface area contributed by atoms with Gasteiger partial charge in [-0.25, -0.2) is 4.90 Å². The van der Waals surface area contributed by atoms with Gasteiger partial charge < -0.3 is 0 Å². The Hall–Kier alpha value is -1.61. The Morgan fingerprint density at radius 1 is 1.09 bits per heavy atom. The zero-order valence-corrected chi connectivity index (χ0v) is 13.0. The molecular formula is C18H16ClNO2. The summed E-state index contributed by atoms with van der Waals surface area (Å²) in [5, 5.41) is 0.593. The summed E-state index contributed by atoms with van der Waals surface area (Å²) in [6, 6.07) is 5.41. The largest absolute Gasteiger partial charge is 0.274 e. The van der Waals surface area contributed by atoms with Gasteiger partial charge in [0.2, 0.25) is 11.8 Å². The van der Waals surface area contributed by atoms with Crippen LogP contribution in [-0.4, -0.2) is 11.8 Å². The average molecular weight is 314 g/mol. The topological polar surface area (TPSA) is 37.4 Å². The number of benzene rings is 1. The van der Waals surface area contributed by atoms with E-state index >= 15 is 0 Å². The highest BCUT2D eigenvalue weighted by Crippen LogP contribution is 2.73. The Balaban J connectivity index is 1.57. The zero-order chi connectivity index (χ0) is 15.2. The van der Waals surface area contributed by atoms with Gasteiger partial charge in [0.25, 0.3) is 0 Å². The van der Waals surface area contributed by atoms with E-state index in [9.17, 15) is 9.59 Å². The van der Waals surface area contributed by atoms with Gasteiger partial charge in [-0.3, -0.25) is 9.59 Å². The van der Waals surface area contributed by atoms with E-state index in [4.69, 9.17) is 11.6 Å². The van der Waals surface area contributed by atoms with E-state index in [0.717, 1.165) is 5.56 Å². The van der Waals surface area contributed by atoms with E-state index in [1.165, 1.54) is 17.7 Å². The van der Waals surface area contributed by atoms with Gasteiger partial charge >= 0.3 is 0 Å². The number of halogens is 1. The molecule has 4 aliphatic rings. The Morgan fingerprint density at radius 3 is 2.18 bits per heavy atom. The second kappa shape index (κ2) is 3.83.